The van der Waals surface area contributed by atoms with Crippen molar-refractivity contribution in [1.29, 1.82) is 0 Å². The predicted octanol–water partition coefficient (Wildman–Crippen LogP) is 4.13. The molecule has 2 aromatic heterocycles. The molecular formula is C27H31FN4O5S. The van der Waals surface area contributed by atoms with E-state index in [-0.39, 0.29) is 28.4 Å². The molecule has 1 unspecified atom stereocenters. The normalized spacial score (nSPS) is 15.5. The zero-order chi connectivity index (χ0) is 27.3. The quantitative estimate of drug-likeness (QED) is 0.391. The van der Waals surface area contributed by atoms with E-state index in [1.165, 1.54) is 36.4 Å². The number of rotatable bonds is 10. The van der Waals surface area contributed by atoms with Crippen molar-refractivity contribution in [3.8, 4) is 17.0 Å². The highest BCUT2D eigenvalue weighted by molar-refractivity contribution is 7.90. The van der Waals surface area contributed by atoms with Gasteiger partial charge in [0.1, 0.15) is 17.4 Å². The number of anilines is 1. The zero-order valence-corrected chi connectivity index (χ0v) is 22.1. The summed E-state index contributed by atoms with van der Waals surface area (Å²) in [7, 11) is -4.27. The summed E-state index contributed by atoms with van der Waals surface area (Å²) in [6, 6.07) is 11.5. The summed E-state index contributed by atoms with van der Waals surface area (Å²) < 4.78 is 53.4. The minimum absolute atomic E-state index is 0.00966. The number of aryl methyl sites for hydroxylation is 1. The fraction of sp³-hybridized carbons (Fsp3) is 0.370. The van der Waals surface area contributed by atoms with Gasteiger partial charge >= 0.3 is 0 Å². The van der Waals surface area contributed by atoms with Crippen LogP contribution in [-0.4, -0.2) is 43.6 Å². The molecule has 1 saturated heterocycles. The third kappa shape index (κ3) is 7.05. The van der Waals surface area contributed by atoms with Crippen LogP contribution >= 0.6 is 0 Å². The van der Waals surface area contributed by atoms with E-state index in [1.807, 2.05) is 13.8 Å². The molecule has 0 aliphatic carbocycles. The SMILES string of the molecule is CC(C)COc1cc(F)cc(-c2ccc(C(=O)NS(=O)(=O)c3cccc(N)n3)c(CCC3CCCO3)n2)c1. The lowest BCUT2D eigenvalue weighted by atomic mass is 10.0. The Morgan fingerprint density at radius 2 is 2.03 bits per heavy atom. The predicted molar refractivity (Wildman–Crippen MR) is 141 cm³/mol. The van der Waals surface area contributed by atoms with Gasteiger partial charge in [-0.15, -0.1) is 0 Å². The van der Waals surface area contributed by atoms with Crippen molar-refractivity contribution in [2.45, 2.75) is 50.7 Å². The minimum atomic E-state index is -4.27. The first-order chi connectivity index (χ1) is 18.1. The van der Waals surface area contributed by atoms with E-state index in [0.717, 1.165) is 12.8 Å². The number of sulfonamides is 1. The van der Waals surface area contributed by atoms with Gasteiger partial charge in [-0.25, -0.2) is 14.1 Å². The number of carbonyl (C=O) groups is 1. The number of benzene rings is 1. The largest absolute Gasteiger partial charge is 0.493 e. The third-order valence-electron chi connectivity index (χ3n) is 5.94. The Balaban J connectivity index is 1.65. The van der Waals surface area contributed by atoms with Crippen LogP contribution in [-0.2, 0) is 21.2 Å². The van der Waals surface area contributed by atoms with E-state index < -0.39 is 21.7 Å². The lowest BCUT2D eigenvalue weighted by Gasteiger charge is -2.15. The van der Waals surface area contributed by atoms with Gasteiger partial charge in [0.05, 0.1) is 29.7 Å². The number of halogens is 1. The first kappa shape index (κ1) is 27.5. The van der Waals surface area contributed by atoms with Crippen molar-refractivity contribution >= 4 is 21.7 Å². The van der Waals surface area contributed by atoms with Gasteiger partial charge in [0, 0.05) is 18.2 Å². The Morgan fingerprint density at radius 3 is 2.74 bits per heavy atom. The Labute approximate surface area is 221 Å². The lowest BCUT2D eigenvalue weighted by molar-refractivity contribution is 0.0973. The number of ether oxygens (including phenoxy) is 2. The second-order valence-electron chi connectivity index (χ2n) is 9.58. The smallest absolute Gasteiger partial charge is 0.281 e. The lowest BCUT2D eigenvalue weighted by Crippen LogP contribution is -2.32. The molecule has 1 atom stereocenters. The molecule has 38 heavy (non-hydrogen) atoms. The molecule has 1 aliphatic heterocycles. The summed E-state index contributed by atoms with van der Waals surface area (Å²) in [5.41, 5.74) is 6.97. The highest BCUT2D eigenvalue weighted by atomic mass is 32.2. The fourth-order valence-corrected chi connectivity index (χ4v) is 5.04. The van der Waals surface area contributed by atoms with Crippen molar-refractivity contribution in [2.75, 3.05) is 18.9 Å². The van der Waals surface area contributed by atoms with E-state index in [0.29, 0.717) is 48.8 Å². The number of nitrogens with one attached hydrogen (secondary N) is 1. The number of hydrogen-bond donors (Lipinski definition) is 2. The van der Waals surface area contributed by atoms with Crippen molar-refractivity contribution in [2.24, 2.45) is 5.92 Å². The highest BCUT2D eigenvalue weighted by Gasteiger charge is 2.24. The van der Waals surface area contributed by atoms with Gasteiger partial charge in [-0.05, 0) is 68.0 Å². The van der Waals surface area contributed by atoms with E-state index in [2.05, 4.69) is 14.7 Å². The second kappa shape index (κ2) is 11.9. The number of pyridine rings is 2. The highest BCUT2D eigenvalue weighted by Crippen LogP contribution is 2.27. The van der Waals surface area contributed by atoms with Crippen LogP contribution in [0, 0.1) is 11.7 Å². The number of nitrogen functional groups attached to an aromatic ring is 1. The Hall–Kier alpha value is -3.57. The number of aromatic nitrogens is 2. The molecule has 202 valence electrons. The van der Waals surface area contributed by atoms with E-state index in [1.54, 1.807) is 12.1 Å². The maximum Gasteiger partial charge on any atom is 0.281 e. The maximum absolute atomic E-state index is 14.4. The number of amides is 1. The first-order valence-electron chi connectivity index (χ1n) is 12.5. The van der Waals surface area contributed by atoms with Crippen molar-refractivity contribution < 1.29 is 27.1 Å². The van der Waals surface area contributed by atoms with Crippen LogP contribution in [0.3, 0.4) is 0 Å². The average Bonchev–Trinajstić information content (AvgIpc) is 3.39. The molecule has 1 fully saturated rings. The van der Waals surface area contributed by atoms with Gasteiger partial charge in [0.2, 0.25) is 0 Å². The number of hydrogen-bond acceptors (Lipinski definition) is 8. The minimum Gasteiger partial charge on any atom is -0.493 e. The molecule has 0 spiro atoms. The van der Waals surface area contributed by atoms with Crippen LogP contribution < -0.4 is 15.2 Å². The number of nitrogens with two attached hydrogens (primary N) is 1. The molecule has 0 saturated carbocycles. The van der Waals surface area contributed by atoms with Gasteiger partial charge in [-0.1, -0.05) is 19.9 Å². The summed E-state index contributed by atoms with van der Waals surface area (Å²) >= 11 is 0. The van der Waals surface area contributed by atoms with Crippen molar-refractivity contribution in [3.63, 3.8) is 0 Å². The molecule has 3 N–H and O–H groups in total. The average molecular weight is 543 g/mol. The molecule has 0 bridgehead atoms. The van der Waals surface area contributed by atoms with Crippen molar-refractivity contribution in [3.05, 3.63) is 65.6 Å². The van der Waals surface area contributed by atoms with Gasteiger partial charge in [-0.2, -0.15) is 8.42 Å². The Kier molecular flexibility index (Phi) is 8.58. The van der Waals surface area contributed by atoms with Crippen LogP contribution in [0.2, 0.25) is 0 Å². The second-order valence-corrected chi connectivity index (χ2v) is 11.2. The topological polar surface area (TPSA) is 134 Å². The first-order valence-corrected chi connectivity index (χ1v) is 13.9. The van der Waals surface area contributed by atoms with Crippen LogP contribution in [0.1, 0.15) is 49.2 Å². The summed E-state index contributed by atoms with van der Waals surface area (Å²) in [5.74, 6) is -0.683. The molecule has 1 aromatic carbocycles. The molecule has 1 aliphatic rings. The molecule has 9 nitrogen and oxygen atoms in total. The molecule has 0 radical (unpaired) electrons. The molecule has 3 heterocycles. The van der Waals surface area contributed by atoms with Crippen LogP contribution in [0.4, 0.5) is 10.2 Å². The van der Waals surface area contributed by atoms with Crippen molar-refractivity contribution in [1.82, 2.24) is 14.7 Å². The summed E-state index contributed by atoms with van der Waals surface area (Å²) in [4.78, 5) is 21.6. The van der Waals surface area contributed by atoms with Crippen LogP contribution in [0.5, 0.6) is 5.75 Å². The van der Waals surface area contributed by atoms with Crippen LogP contribution in [0.15, 0.2) is 53.6 Å². The van der Waals surface area contributed by atoms with Gasteiger partial charge < -0.3 is 15.2 Å². The molecule has 4 rings (SSSR count). The number of carbonyl (C=O) groups excluding carboxylic acids is 1. The number of nitrogens with zero attached hydrogens (tertiary/aromatic N) is 2. The monoisotopic (exact) mass is 542 g/mol. The summed E-state index contributed by atoms with van der Waals surface area (Å²) in [5, 5.41) is -0.370. The third-order valence-corrected chi connectivity index (χ3v) is 7.18. The fourth-order valence-electron chi connectivity index (χ4n) is 4.10. The molecule has 11 heteroatoms. The maximum atomic E-state index is 14.4. The summed E-state index contributed by atoms with van der Waals surface area (Å²) in [6.07, 6.45) is 2.86. The Morgan fingerprint density at radius 1 is 1.21 bits per heavy atom. The van der Waals surface area contributed by atoms with E-state index in [4.69, 9.17) is 15.2 Å². The molecular weight excluding hydrogens is 511 g/mol. The molecule has 3 aromatic rings. The van der Waals surface area contributed by atoms with Gasteiger partial charge in [0.15, 0.2) is 5.03 Å². The zero-order valence-electron chi connectivity index (χ0n) is 21.3. The van der Waals surface area contributed by atoms with Crippen LogP contribution in [0.25, 0.3) is 11.3 Å². The summed E-state index contributed by atoms with van der Waals surface area (Å²) in [6.45, 7) is 5.10. The standard InChI is InChI=1S/C27H31FN4O5S/c1-17(2)16-37-21-14-18(13-19(28)15-21)23-11-9-22(24(30-23)10-8-20-5-4-12-36-20)27(33)32-38(34,35)26-7-3-6-25(29)31-26/h3,6-7,9,11,13-15,17,20H,4-5,8,10,12,16H2,1-2H3,(H2,29,31)(H,32,33). The van der Waals surface area contributed by atoms with Gasteiger partial charge in [0.25, 0.3) is 15.9 Å². The van der Waals surface area contributed by atoms with E-state index in [9.17, 15) is 17.6 Å². The Bertz CT molecular complexity index is 1410. The molecule has 1 amide bonds. The van der Waals surface area contributed by atoms with E-state index >= 15 is 0 Å². The van der Waals surface area contributed by atoms with Gasteiger partial charge in [-0.3, -0.25) is 9.78 Å².